The lowest BCUT2D eigenvalue weighted by atomic mass is 10.0. The number of likely N-dealkylation sites (tertiary alicyclic amines) is 1. The monoisotopic (exact) mass is 301 g/mol. The minimum Gasteiger partial charge on any atom is -0.496 e. The molecule has 3 nitrogen and oxygen atoms in total. The van der Waals surface area contributed by atoms with Crippen molar-refractivity contribution >= 4 is 29.1 Å². The number of hydrogen-bond donors (Lipinski definition) is 0. The van der Waals surface area contributed by atoms with Gasteiger partial charge < -0.3 is 9.64 Å². The Kier molecular flexibility index (Phi) is 4.94. The fourth-order valence-corrected chi connectivity index (χ4v) is 2.91. The lowest BCUT2D eigenvalue weighted by molar-refractivity contribution is 0.0636. The van der Waals surface area contributed by atoms with Crippen LogP contribution in [-0.2, 0) is 0 Å². The van der Waals surface area contributed by atoms with Crippen LogP contribution in [0.15, 0.2) is 18.2 Å². The second-order valence-electron chi connectivity index (χ2n) is 4.65. The number of rotatable bonds is 3. The number of methoxy groups -OCH3 is 1. The van der Waals surface area contributed by atoms with E-state index in [4.69, 9.17) is 27.9 Å². The predicted molar refractivity (Wildman–Crippen MR) is 77.4 cm³/mol. The predicted octanol–water partition coefficient (Wildman–Crippen LogP) is 3.58. The topological polar surface area (TPSA) is 29.5 Å². The van der Waals surface area contributed by atoms with Gasteiger partial charge in [-0.2, -0.15) is 0 Å². The molecule has 0 aromatic heterocycles. The highest BCUT2D eigenvalue weighted by atomic mass is 35.5. The van der Waals surface area contributed by atoms with E-state index in [1.165, 1.54) is 7.11 Å². The molecule has 1 unspecified atom stereocenters. The summed E-state index contributed by atoms with van der Waals surface area (Å²) < 4.78 is 5.24. The first-order valence-corrected chi connectivity index (χ1v) is 7.29. The van der Waals surface area contributed by atoms with Gasteiger partial charge in [0.05, 0.1) is 12.7 Å². The molecule has 0 aliphatic carbocycles. The van der Waals surface area contributed by atoms with E-state index in [-0.39, 0.29) is 11.9 Å². The third kappa shape index (κ3) is 3.15. The van der Waals surface area contributed by atoms with Gasteiger partial charge in [0.15, 0.2) is 0 Å². The average Bonchev–Trinajstić information content (AvgIpc) is 2.46. The Bertz CT molecular complexity index is 465. The summed E-state index contributed by atoms with van der Waals surface area (Å²) in [5, 5.41) is 0.556. The van der Waals surface area contributed by atoms with Crippen LogP contribution in [0.2, 0.25) is 5.02 Å². The minimum absolute atomic E-state index is 0.0288. The van der Waals surface area contributed by atoms with Crippen LogP contribution in [0.1, 0.15) is 29.6 Å². The summed E-state index contributed by atoms with van der Waals surface area (Å²) in [5.41, 5.74) is 0.545. The van der Waals surface area contributed by atoms with Crippen molar-refractivity contribution in [3.63, 3.8) is 0 Å². The number of halogens is 2. The van der Waals surface area contributed by atoms with E-state index in [1.54, 1.807) is 18.2 Å². The maximum atomic E-state index is 12.6. The highest BCUT2D eigenvalue weighted by molar-refractivity contribution is 6.30. The molecule has 0 saturated carbocycles. The Labute approximate surface area is 123 Å². The molecule has 1 aromatic rings. The second-order valence-corrected chi connectivity index (χ2v) is 5.39. The number of piperidine rings is 1. The van der Waals surface area contributed by atoms with Gasteiger partial charge in [0.1, 0.15) is 5.75 Å². The Morgan fingerprint density at radius 2 is 2.26 bits per heavy atom. The number of ether oxygens (including phenoxy) is 1. The molecular weight excluding hydrogens is 285 g/mol. The van der Waals surface area contributed by atoms with Gasteiger partial charge in [0, 0.05) is 23.5 Å². The molecule has 0 bridgehead atoms. The van der Waals surface area contributed by atoms with Gasteiger partial charge in [0.2, 0.25) is 0 Å². The van der Waals surface area contributed by atoms with Crippen LogP contribution in [0.3, 0.4) is 0 Å². The van der Waals surface area contributed by atoms with Gasteiger partial charge in [-0.25, -0.2) is 0 Å². The molecule has 1 heterocycles. The highest BCUT2D eigenvalue weighted by Gasteiger charge is 2.28. The van der Waals surface area contributed by atoms with Crippen molar-refractivity contribution in [1.29, 1.82) is 0 Å². The molecule has 19 heavy (non-hydrogen) atoms. The highest BCUT2D eigenvalue weighted by Crippen LogP contribution is 2.27. The first kappa shape index (κ1) is 14.5. The molecular formula is C14H17Cl2NO2. The fraction of sp³-hybridized carbons (Fsp3) is 0.500. The lowest BCUT2D eigenvalue weighted by Crippen LogP contribution is -2.44. The summed E-state index contributed by atoms with van der Waals surface area (Å²) in [5.74, 6) is 0.956. The normalized spacial score (nSPS) is 19.3. The summed E-state index contributed by atoms with van der Waals surface area (Å²) in [6.45, 7) is 0.752. The zero-order valence-electron chi connectivity index (χ0n) is 10.9. The molecule has 1 aliphatic rings. The van der Waals surface area contributed by atoms with E-state index >= 15 is 0 Å². The molecule has 104 valence electrons. The SMILES string of the molecule is COc1cc(Cl)ccc1C(=O)N1CCCCC1CCl. The van der Waals surface area contributed by atoms with Crippen molar-refractivity contribution in [2.24, 2.45) is 0 Å². The number of nitrogens with zero attached hydrogens (tertiary/aromatic N) is 1. The summed E-state index contributed by atoms with van der Waals surface area (Å²) in [6.07, 6.45) is 3.11. The molecule has 1 amide bonds. The molecule has 0 N–H and O–H groups in total. The summed E-state index contributed by atoms with van der Waals surface area (Å²) in [7, 11) is 1.54. The van der Waals surface area contributed by atoms with Gasteiger partial charge in [-0.15, -0.1) is 11.6 Å². The maximum absolute atomic E-state index is 12.6. The van der Waals surface area contributed by atoms with Crippen molar-refractivity contribution in [1.82, 2.24) is 4.90 Å². The molecule has 1 atom stereocenters. The van der Waals surface area contributed by atoms with Crippen LogP contribution in [0.25, 0.3) is 0 Å². The molecule has 1 saturated heterocycles. The van der Waals surface area contributed by atoms with Gasteiger partial charge in [-0.1, -0.05) is 11.6 Å². The van der Waals surface area contributed by atoms with Crippen molar-refractivity contribution in [2.45, 2.75) is 25.3 Å². The number of hydrogen-bond acceptors (Lipinski definition) is 2. The van der Waals surface area contributed by atoms with E-state index in [1.807, 2.05) is 4.90 Å². The molecule has 1 fully saturated rings. The van der Waals surface area contributed by atoms with Crippen LogP contribution in [0.4, 0.5) is 0 Å². The van der Waals surface area contributed by atoms with Crippen LogP contribution in [0, 0.1) is 0 Å². The number of carbonyl (C=O) groups is 1. The Hall–Kier alpha value is -0.930. The summed E-state index contributed by atoms with van der Waals surface area (Å²) in [6, 6.07) is 5.19. The quantitative estimate of drug-likeness (QED) is 0.799. The smallest absolute Gasteiger partial charge is 0.257 e. The molecule has 1 aliphatic heterocycles. The number of carbonyl (C=O) groups excluding carboxylic acids is 1. The van der Waals surface area contributed by atoms with E-state index in [0.29, 0.717) is 22.2 Å². The van der Waals surface area contributed by atoms with Crippen LogP contribution >= 0.6 is 23.2 Å². The van der Waals surface area contributed by atoms with Crippen molar-refractivity contribution < 1.29 is 9.53 Å². The molecule has 0 spiro atoms. The number of benzene rings is 1. The maximum Gasteiger partial charge on any atom is 0.257 e. The molecule has 1 aromatic carbocycles. The van der Waals surface area contributed by atoms with E-state index in [9.17, 15) is 4.79 Å². The largest absolute Gasteiger partial charge is 0.496 e. The summed E-state index contributed by atoms with van der Waals surface area (Å²) in [4.78, 5) is 14.5. The standard InChI is InChI=1S/C14H17Cl2NO2/c1-19-13-8-10(16)5-6-12(13)14(18)17-7-3-2-4-11(17)9-15/h5-6,8,11H,2-4,7,9H2,1H3. The Morgan fingerprint density at radius 3 is 2.95 bits per heavy atom. The number of alkyl halides is 1. The zero-order valence-corrected chi connectivity index (χ0v) is 12.4. The van der Waals surface area contributed by atoms with Crippen molar-refractivity contribution in [3.05, 3.63) is 28.8 Å². The molecule has 0 radical (unpaired) electrons. The van der Waals surface area contributed by atoms with Gasteiger partial charge in [-0.3, -0.25) is 4.79 Å². The van der Waals surface area contributed by atoms with Crippen LogP contribution in [0.5, 0.6) is 5.75 Å². The van der Waals surface area contributed by atoms with Crippen LogP contribution in [-0.4, -0.2) is 36.4 Å². The van der Waals surface area contributed by atoms with E-state index in [2.05, 4.69) is 0 Å². The third-order valence-corrected chi connectivity index (χ3v) is 4.05. The fourth-order valence-electron chi connectivity index (χ4n) is 2.42. The lowest BCUT2D eigenvalue weighted by Gasteiger charge is -2.35. The molecule has 2 rings (SSSR count). The minimum atomic E-state index is -0.0288. The van der Waals surface area contributed by atoms with Gasteiger partial charge in [-0.05, 0) is 37.5 Å². The van der Waals surface area contributed by atoms with E-state index in [0.717, 1.165) is 25.8 Å². The first-order chi connectivity index (χ1) is 9.17. The average molecular weight is 302 g/mol. The Morgan fingerprint density at radius 1 is 1.47 bits per heavy atom. The summed E-state index contributed by atoms with van der Waals surface area (Å²) >= 11 is 11.9. The van der Waals surface area contributed by atoms with E-state index < -0.39 is 0 Å². The van der Waals surface area contributed by atoms with Gasteiger partial charge in [0.25, 0.3) is 5.91 Å². The first-order valence-electron chi connectivity index (χ1n) is 6.38. The van der Waals surface area contributed by atoms with Gasteiger partial charge >= 0.3 is 0 Å². The van der Waals surface area contributed by atoms with Crippen molar-refractivity contribution in [3.8, 4) is 5.75 Å². The number of amides is 1. The van der Waals surface area contributed by atoms with Crippen LogP contribution < -0.4 is 4.74 Å². The second kappa shape index (κ2) is 6.49. The zero-order chi connectivity index (χ0) is 13.8. The van der Waals surface area contributed by atoms with Crippen molar-refractivity contribution in [2.75, 3.05) is 19.5 Å². The third-order valence-electron chi connectivity index (χ3n) is 3.46. The Balaban J connectivity index is 2.27. The molecule has 5 heteroatoms.